The van der Waals surface area contributed by atoms with E-state index in [1.807, 2.05) is 6.92 Å². The van der Waals surface area contributed by atoms with Gasteiger partial charge in [-0.25, -0.2) is 8.42 Å². The Morgan fingerprint density at radius 1 is 1.21 bits per heavy atom. The summed E-state index contributed by atoms with van der Waals surface area (Å²) in [4.78, 5) is -0.178. The van der Waals surface area contributed by atoms with E-state index < -0.39 is 10.1 Å². The molecule has 0 aromatic heterocycles. The van der Waals surface area contributed by atoms with Crippen molar-refractivity contribution in [1.29, 1.82) is 0 Å². The molecule has 1 aliphatic heterocycles. The van der Waals surface area contributed by atoms with Crippen molar-refractivity contribution < 1.29 is 17.5 Å². The molecule has 0 atom stereocenters. The zero-order valence-corrected chi connectivity index (χ0v) is 17.4. The zero-order chi connectivity index (χ0) is 18.1. The first-order valence-electron chi connectivity index (χ1n) is 8.29. The van der Waals surface area contributed by atoms with E-state index >= 15 is 0 Å². The molecule has 0 aliphatic carbocycles. The Kier molecular flexibility index (Phi) is 9.27. The molecule has 0 saturated carbocycles. The molecule has 0 radical (unpaired) electrons. The molecular weight excluding hydrogens is 437 g/mol. The maximum absolute atomic E-state index is 10.4. The fourth-order valence-corrected chi connectivity index (χ4v) is 3.50. The highest BCUT2D eigenvalue weighted by molar-refractivity contribution is 14.1. The van der Waals surface area contributed by atoms with E-state index in [0.717, 1.165) is 12.1 Å². The van der Waals surface area contributed by atoms with Crippen molar-refractivity contribution >= 4 is 32.7 Å². The van der Waals surface area contributed by atoms with Crippen molar-refractivity contribution in [2.24, 2.45) is 0 Å². The molecule has 1 aromatic rings. The molecule has 24 heavy (non-hydrogen) atoms. The van der Waals surface area contributed by atoms with Crippen LogP contribution >= 0.6 is 22.6 Å². The quantitative estimate of drug-likeness (QED) is 0.290. The molecule has 134 valence electrons. The summed E-state index contributed by atoms with van der Waals surface area (Å²) >= 11 is 2.15. The lowest BCUT2D eigenvalue weighted by molar-refractivity contribution is -0.910. The van der Waals surface area contributed by atoms with Crippen LogP contribution in [0.5, 0.6) is 0 Å². The Balaban J connectivity index is 0.000000243. The smallest absolute Gasteiger partial charge is 0.141 e. The van der Waals surface area contributed by atoms with E-state index in [4.69, 9.17) is 0 Å². The standard InChI is InChI=1S/C11H19IN.C7H8O3S/c1-2-3-8-13(11-6-7-12)9-4-5-10-13;1-6-2-4-7(5-3-6)11(8,9)10/h2-5,8-11H2,1H3;2-5H,1H3,(H,8,9,10)/q+1;/p-1. The first-order chi connectivity index (χ1) is 11.3. The summed E-state index contributed by atoms with van der Waals surface area (Å²) < 4.78 is 35.4. The molecule has 6 heteroatoms. The molecule has 1 fully saturated rings. The van der Waals surface area contributed by atoms with Crippen molar-refractivity contribution in [3.05, 3.63) is 29.8 Å². The highest BCUT2D eigenvalue weighted by atomic mass is 127. The van der Waals surface area contributed by atoms with Gasteiger partial charge in [0.1, 0.15) is 16.7 Å². The minimum Gasteiger partial charge on any atom is -0.744 e. The number of nitrogens with zero attached hydrogens (tertiary/aromatic N) is 1. The second-order valence-electron chi connectivity index (χ2n) is 6.27. The normalized spacial score (nSPS) is 15.8. The van der Waals surface area contributed by atoms with Crippen molar-refractivity contribution in [3.63, 3.8) is 0 Å². The van der Waals surface area contributed by atoms with Crippen molar-refractivity contribution in [3.8, 4) is 9.85 Å². The summed E-state index contributed by atoms with van der Waals surface area (Å²) in [5, 5.41) is 0. The number of hydrogen-bond acceptors (Lipinski definition) is 3. The number of quaternary nitrogens is 1. The predicted octanol–water partition coefficient (Wildman–Crippen LogP) is 3.69. The van der Waals surface area contributed by atoms with Crippen LogP contribution in [0.1, 0.15) is 38.2 Å². The Bertz CT molecular complexity index is 654. The van der Waals surface area contributed by atoms with Crippen LogP contribution in [0.15, 0.2) is 29.2 Å². The number of benzene rings is 1. The molecule has 0 unspecified atom stereocenters. The molecule has 1 aromatic carbocycles. The monoisotopic (exact) mass is 463 g/mol. The fraction of sp³-hybridized carbons (Fsp3) is 0.556. The summed E-state index contributed by atoms with van der Waals surface area (Å²) in [6.45, 7) is 9.26. The summed E-state index contributed by atoms with van der Waals surface area (Å²) in [6, 6.07) is 5.78. The Morgan fingerprint density at radius 2 is 1.79 bits per heavy atom. The van der Waals surface area contributed by atoms with Crippen molar-refractivity contribution in [1.82, 2.24) is 0 Å². The van der Waals surface area contributed by atoms with Gasteiger partial charge < -0.3 is 9.04 Å². The fourth-order valence-electron chi connectivity index (χ4n) is 2.86. The van der Waals surface area contributed by atoms with Crippen LogP contribution in [0.3, 0.4) is 0 Å². The number of hydrogen-bond donors (Lipinski definition) is 0. The lowest BCUT2D eigenvalue weighted by Crippen LogP contribution is -2.46. The maximum Gasteiger partial charge on any atom is 0.141 e. The van der Waals surface area contributed by atoms with Gasteiger partial charge in [0.2, 0.25) is 0 Å². The zero-order valence-electron chi connectivity index (χ0n) is 14.4. The molecule has 1 saturated heterocycles. The molecule has 2 rings (SSSR count). The van der Waals surface area contributed by atoms with Crippen LogP contribution in [0.4, 0.5) is 0 Å². The van der Waals surface area contributed by atoms with Gasteiger partial charge in [-0.1, -0.05) is 31.0 Å². The molecule has 0 amide bonds. The van der Waals surface area contributed by atoms with Gasteiger partial charge in [-0.05, 0) is 35.3 Å². The minimum absolute atomic E-state index is 0.178. The molecule has 0 N–H and O–H groups in total. The molecule has 0 bridgehead atoms. The number of likely N-dealkylation sites (tertiary alicyclic amines) is 1. The van der Waals surface area contributed by atoms with E-state index in [0.29, 0.717) is 0 Å². The van der Waals surface area contributed by atoms with E-state index in [2.05, 4.69) is 39.4 Å². The Morgan fingerprint density at radius 3 is 2.25 bits per heavy atom. The van der Waals surface area contributed by atoms with E-state index in [1.54, 1.807) is 12.1 Å². The first-order valence-corrected chi connectivity index (χ1v) is 10.8. The van der Waals surface area contributed by atoms with Gasteiger partial charge in [0.25, 0.3) is 0 Å². The molecular formula is C18H26INO3S. The van der Waals surface area contributed by atoms with Crippen molar-refractivity contribution in [2.75, 3.05) is 26.2 Å². The van der Waals surface area contributed by atoms with Gasteiger partial charge in [0.05, 0.1) is 24.5 Å². The molecule has 1 aliphatic rings. The van der Waals surface area contributed by atoms with E-state index in [9.17, 15) is 13.0 Å². The first kappa shape index (κ1) is 21.4. The van der Waals surface area contributed by atoms with Crippen LogP contribution in [0.2, 0.25) is 0 Å². The average molecular weight is 463 g/mol. The summed E-state index contributed by atoms with van der Waals surface area (Å²) in [5.74, 6) is 3.25. The molecule has 0 spiro atoms. The Labute approximate surface area is 160 Å². The van der Waals surface area contributed by atoms with Gasteiger partial charge in [0.15, 0.2) is 0 Å². The average Bonchev–Trinajstić information content (AvgIpc) is 3.00. The van der Waals surface area contributed by atoms with Gasteiger partial charge >= 0.3 is 0 Å². The SMILES string of the molecule is CCCC[N+]1(CC#CI)CCCC1.Cc1ccc(S(=O)(=O)[O-])cc1. The minimum atomic E-state index is -4.27. The third-order valence-corrected chi connectivity index (χ3v) is 5.52. The highest BCUT2D eigenvalue weighted by Crippen LogP contribution is 2.19. The van der Waals surface area contributed by atoms with Gasteiger partial charge in [-0.3, -0.25) is 0 Å². The third kappa shape index (κ3) is 7.51. The number of unbranched alkanes of at least 4 members (excludes halogenated alkanes) is 1. The lowest BCUT2D eigenvalue weighted by Gasteiger charge is -2.32. The molecule has 1 heterocycles. The van der Waals surface area contributed by atoms with Gasteiger partial charge in [-0.15, -0.1) is 0 Å². The predicted molar refractivity (Wildman–Crippen MR) is 105 cm³/mol. The highest BCUT2D eigenvalue weighted by Gasteiger charge is 2.29. The van der Waals surface area contributed by atoms with E-state index in [1.165, 1.54) is 61.9 Å². The number of aryl methyl sites for hydroxylation is 1. The maximum atomic E-state index is 10.4. The second-order valence-corrected chi connectivity index (χ2v) is 8.19. The van der Waals surface area contributed by atoms with Gasteiger partial charge in [-0.2, -0.15) is 0 Å². The van der Waals surface area contributed by atoms with Crippen LogP contribution in [0.25, 0.3) is 0 Å². The van der Waals surface area contributed by atoms with E-state index in [-0.39, 0.29) is 4.90 Å². The lowest BCUT2D eigenvalue weighted by atomic mass is 10.2. The van der Waals surface area contributed by atoms with Crippen molar-refractivity contribution in [2.45, 2.75) is 44.4 Å². The topological polar surface area (TPSA) is 57.2 Å². The Hall–Kier alpha value is -0.620. The van der Waals surface area contributed by atoms with Crippen LogP contribution in [-0.2, 0) is 10.1 Å². The second kappa shape index (κ2) is 10.4. The number of halogens is 1. The summed E-state index contributed by atoms with van der Waals surface area (Å²) in [6.07, 6.45) is 5.50. The van der Waals surface area contributed by atoms with Crippen LogP contribution in [-0.4, -0.2) is 43.6 Å². The van der Waals surface area contributed by atoms with Gasteiger partial charge in [0, 0.05) is 35.4 Å². The summed E-state index contributed by atoms with van der Waals surface area (Å²) in [5.41, 5.74) is 0.928. The molecule has 4 nitrogen and oxygen atoms in total. The summed E-state index contributed by atoms with van der Waals surface area (Å²) in [7, 11) is -4.27. The number of rotatable bonds is 5. The van der Waals surface area contributed by atoms with Crippen LogP contribution in [0, 0.1) is 16.8 Å². The third-order valence-electron chi connectivity index (χ3n) is 4.29. The largest absolute Gasteiger partial charge is 0.744 e. The van der Waals surface area contributed by atoms with Crippen LogP contribution < -0.4 is 0 Å².